The number of aliphatic hydroxyl groups is 2. The Balaban J connectivity index is 2.55. The predicted molar refractivity (Wildman–Crippen MR) is 123 cm³/mol. The number of allylic oxidation sites excluding steroid dienone is 6. The van der Waals surface area contributed by atoms with E-state index in [9.17, 15) is 15.0 Å². The van der Waals surface area contributed by atoms with E-state index in [2.05, 4.69) is 6.58 Å². The van der Waals surface area contributed by atoms with Gasteiger partial charge >= 0.3 is 0 Å². The Hall–Kier alpha value is -3.63. The van der Waals surface area contributed by atoms with Crippen LogP contribution in [-0.2, 0) is 11.2 Å². The van der Waals surface area contributed by atoms with Crippen molar-refractivity contribution in [3.63, 3.8) is 0 Å². The summed E-state index contributed by atoms with van der Waals surface area (Å²) in [5.41, 5.74) is 3.51. The fourth-order valence-electron chi connectivity index (χ4n) is 3.11. The molecule has 0 saturated carbocycles. The monoisotopic (exact) mass is 401 g/mol. The third-order valence-electron chi connectivity index (χ3n) is 4.51. The molecule has 154 valence electrons. The highest BCUT2D eigenvalue weighted by Crippen LogP contribution is 2.25. The van der Waals surface area contributed by atoms with E-state index in [0.29, 0.717) is 29.7 Å². The van der Waals surface area contributed by atoms with Crippen molar-refractivity contribution in [2.75, 3.05) is 7.05 Å². The van der Waals surface area contributed by atoms with Crippen molar-refractivity contribution in [3.8, 4) is 0 Å². The van der Waals surface area contributed by atoms with Gasteiger partial charge in [-0.25, -0.2) is 0 Å². The van der Waals surface area contributed by atoms with E-state index in [1.807, 2.05) is 72.8 Å². The van der Waals surface area contributed by atoms with Gasteiger partial charge in [0.2, 0.25) is 6.41 Å². The Kier molecular flexibility index (Phi) is 9.10. The van der Waals surface area contributed by atoms with E-state index >= 15 is 0 Å². The summed E-state index contributed by atoms with van der Waals surface area (Å²) in [5, 5.41) is 20.5. The van der Waals surface area contributed by atoms with Gasteiger partial charge in [0.25, 0.3) is 0 Å². The Morgan fingerprint density at radius 3 is 2.27 bits per heavy atom. The van der Waals surface area contributed by atoms with Crippen LogP contribution < -0.4 is 0 Å². The average molecular weight is 402 g/mol. The summed E-state index contributed by atoms with van der Waals surface area (Å²) in [7, 11) is 1.58. The van der Waals surface area contributed by atoms with Crippen LogP contribution in [0.1, 0.15) is 11.1 Å². The molecule has 0 aliphatic rings. The van der Waals surface area contributed by atoms with Crippen molar-refractivity contribution in [1.29, 1.82) is 0 Å². The minimum absolute atomic E-state index is 0.320. The van der Waals surface area contributed by atoms with Crippen LogP contribution in [0.25, 0.3) is 6.08 Å². The minimum Gasteiger partial charge on any atom is -0.516 e. The molecular weight excluding hydrogens is 374 g/mol. The lowest BCUT2D eigenvalue weighted by Gasteiger charge is -2.25. The maximum atomic E-state index is 11.6. The van der Waals surface area contributed by atoms with Gasteiger partial charge in [-0.3, -0.25) is 4.79 Å². The largest absolute Gasteiger partial charge is 0.516 e. The van der Waals surface area contributed by atoms with Gasteiger partial charge in [0, 0.05) is 19.0 Å². The zero-order valence-electron chi connectivity index (χ0n) is 17.1. The first-order valence-corrected chi connectivity index (χ1v) is 9.62. The van der Waals surface area contributed by atoms with Crippen molar-refractivity contribution in [1.82, 2.24) is 4.90 Å². The van der Waals surface area contributed by atoms with E-state index < -0.39 is 6.10 Å². The second kappa shape index (κ2) is 12.0. The smallest absolute Gasteiger partial charge is 0.213 e. The molecule has 2 aromatic rings. The minimum atomic E-state index is -0.966. The highest BCUT2D eigenvalue weighted by molar-refractivity contribution is 5.62. The van der Waals surface area contributed by atoms with Crippen LogP contribution in [0.3, 0.4) is 0 Å². The maximum absolute atomic E-state index is 11.6. The molecule has 1 unspecified atom stereocenters. The van der Waals surface area contributed by atoms with E-state index in [4.69, 9.17) is 0 Å². The molecule has 1 atom stereocenters. The number of hydrogen-bond acceptors (Lipinski definition) is 3. The molecule has 4 nitrogen and oxygen atoms in total. The fourth-order valence-corrected chi connectivity index (χ4v) is 3.11. The summed E-state index contributed by atoms with van der Waals surface area (Å²) in [5.74, 6) is 0. The third-order valence-corrected chi connectivity index (χ3v) is 4.51. The summed E-state index contributed by atoms with van der Waals surface area (Å²) in [4.78, 5) is 12.9. The molecule has 2 rings (SSSR count). The van der Waals surface area contributed by atoms with E-state index in [-0.39, 0.29) is 0 Å². The lowest BCUT2D eigenvalue weighted by molar-refractivity contribution is -0.116. The predicted octanol–water partition coefficient (Wildman–Crippen LogP) is 4.83. The Labute approximate surface area is 178 Å². The highest BCUT2D eigenvalue weighted by atomic mass is 16.3. The van der Waals surface area contributed by atoms with Crippen LogP contribution in [0.5, 0.6) is 0 Å². The first-order chi connectivity index (χ1) is 14.6. The number of likely N-dealkylation sites (N-methyl/N-ethyl adjacent to an activating group) is 1. The van der Waals surface area contributed by atoms with Gasteiger partial charge in [0.15, 0.2) is 0 Å². The molecule has 0 aliphatic carbocycles. The molecule has 4 heteroatoms. The standard InChI is InChI=1S/C26H27NO3/c1-3-10-23(16-15-21-11-6-4-7-12-21)24(17-18-28)26(27(2)20-29)25(30)19-22-13-8-5-9-14-22/h3-18,20,25,28,30H,1,19H2,2H3/b16-15+,18-17+,23-10+,26-24+. The van der Waals surface area contributed by atoms with Gasteiger partial charge < -0.3 is 15.1 Å². The quantitative estimate of drug-likeness (QED) is 0.341. The van der Waals surface area contributed by atoms with Gasteiger partial charge in [0.1, 0.15) is 0 Å². The molecule has 30 heavy (non-hydrogen) atoms. The number of aliphatic hydroxyl groups excluding tert-OH is 2. The number of hydrogen-bond donors (Lipinski definition) is 2. The molecule has 0 spiro atoms. The van der Waals surface area contributed by atoms with E-state index in [1.54, 1.807) is 19.2 Å². The Morgan fingerprint density at radius 1 is 1.07 bits per heavy atom. The lowest BCUT2D eigenvalue weighted by Crippen LogP contribution is -2.29. The number of benzene rings is 2. The van der Waals surface area contributed by atoms with Gasteiger partial charge in [-0.05, 0) is 22.8 Å². The van der Waals surface area contributed by atoms with Crippen LogP contribution in [0.15, 0.2) is 115 Å². The van der Waals surface area contributed by atoms with Gasteiger partial charge in [-0.2, -0.15) is 0 Å². The molecule has 0 aromatic heterocycles. The second-order valence-corrected chi connectivity index (χ2v) is 6.64. The van der Waals surface area contributed by atoms with Crippen LogP contribution >= 0.6 is 0 Å². The van der Waals surface area contributed by atoms with Crippen LogP contribution in [0.2, 0.25) is 0 Å². The third kappa shape index (κ3) is 6.47. The molecule has 0 aliphatic heterocycles. The van der Waals surface area contributed by atoms with E-state index in [0.717, 1.165) is 17.4 Å². The molecule has 0 heterocycles. The first-order valence-electron chi connectivity index (χ1n) is 9.62. The Morgan fingerprint density at radius 2 is 1.70 bits per heavy atom. The summed E-state index contributed by atoms with van der Waals surface area (Å²) in [6, 6.07) is 19.3. The molecular formula is C26H27NO3. The maximum Gasteiger partial charge on any atom is 0.213 e. The number of rotatable bonds is 10. The summed E-state index contributed by atoms with van der Waals surface area (Å²) in [6.07, 6.45) is 9.53. The van der Waals surface area contributed by atoms with Crippen molar-refractivity contribution >= 4 is 12.5 Å². The molecule has 0 fully saturated rings. The summed E-state index contributed by atoms with van der Waals surface area (Å²) in [6.45, 7) is 3.77. The Bertz CT molecular complexity index is 941. The molecule has 0 radical (unpaired) electrons. The average Bonchev–Trinajstić information content (AvgIpc) is 2.77. The van der Waals surface area contributed by atoms with Crippen molar-refractivity contribution in [3.05, 3.63) is 126 Å². The topological polar surface area (TPSA) is 60.8 Å². The molecule has 1 amide bonds. The van der Waals surface area contributed by atoms with Gasteiger partial charge in [-0.15, -0.1) is 0 Å². The highest BCUT2D eigenvalue weighted by Gasteiger charge is 2.21. The van der Waals surface area contributed by atoms with Crippen molar-refractivity contribution in [2.24, 2.45) is 0 Å². The SMILES string of the molecule is C=C/C=C(\C=C\c1ccccc1)C(/C=C/O)=C(\C(O)Cc1ccccc1)N(C)C=O. The molecule has 0 bridgehead atoms. The summed E-state index contributed by atoms with van der Waals surface area (Å²) >= 11 is 0. The van der Waals surface area contributed by atoms with Crippen molar-refractivity contribution in [2.45, 2.75) is 12.5 Å². The molecule has 2 N–H and O–H groups in total. The number of carbonyl (C=O) groups is 1. The van der Waals surface area contributed by atoms with Crippen LogP contribution in [0.4, 0.5) is 0 Å². The molecule has 2 aromatic carbocycles. The number of carbonyl (C=O) groups excluding carboxylic acids is 1. The van der Waals surface area contributed by atoms with Crippen LogP contribution in [0, 0.1) is 0 Å². The zero-order valence-corrected chi connectivity index (χ0v) is 17.1. The second-order valence-electron chi connectivity index (χ2n) is 6.64. The normalized spacial score (nSPS) is 13.9. The summed E-state index contributed by atoms with van der Waals surface area (Å²) < 4.78 is 0. The van der Waals surface area contributed by atoms with Gasteiger partial charge in [0.05, 0.1) is 18.1 Å². The van der Waals surface area contributed by atoms with Crippen molar-refractivity contribution < 1.29 is 15.0 Å². The van der Waals surface area contributed by atoms with Crippen LogP contribution in [-0.4, -0.2) is 34.7 Å². The lowest BCUT2D eigenvalue weighted by atomic mass is 9.95. The van der Waals surface area contributed by atoms with E-state index in [1.165, 1.54) is 11.0 Å². The number of amides is 1. The zero-order chi connectivity index (χ0) is 21.8. The fraction of sp³-hybridized carbons (Fsp3) is 0.115. The molecule has 0 saturated heterocycles. The van der Waals surface area contributed by atoms with Gasteiger partial charge in [-0.1, -0.05) is 91.5 Å². The first kappa shape index (κ1) is 22.7. The number of nitrogens with zero attached hydrogens (tertiary/aromatic N) is 1.